The van der Waals surface area contributed by atoms with Crippen molar-refractivity contribution in [1.29, 1.82) is 0 Å². The highest BCUT2D eigenvalue weighted by molar-refractivity contribution is 5.94. The standard InChI is InChI=1S/C20H21NO3/c1-20(2)12-17(22)18(20)21-19(23)24-13-14-8-10-16(11-9-14)15-6-4-3-5-7-15/h3-11,18H,12-13H2,1-2H3,(H,21,23)/t18-/m1/s1. The van der Waals surface area contributed by atoms with Crippen molar-refractivity contribution in [2.75, 3.05) is 0 Å². The van der Waals surface area contributed by atoms with E-state index >= 15 is 0 Å². The summed E-state index contributed by atoms with van der Waals surface area (Å²) in [5.41, 5.74) is 2.98. The number of alkyl carbamates (subject to hydrolysis) is 1. The van der Waals surface area contributed by atoms with Crippen LogP contribution >= 0.6 is 0 Å². The summed E-state index contributed by atoms with van der Waals surface area (Å²) in [4.78, 5) is 23.4. The highest BCUT2D eigenvalue weighted by Gasteiger charge is 2.47. The van der Waals surface area contributed by atoms with Crippen LogP contribution in [0.2, 0.25) is 0 Å². The third-order valence-corrected chi connectivity index (χ3v) is 4.43. The third kappa shape index (κ3) is 3.48. The Morgan fingerprint density at radius 2 is 1.71 bits per heavy atom. The van der Waals surface area contributed by atoms with Crippen LogP contribution in [0.5, 0.6) is 0 Å². The van der Waals surface area contributed by atoms with Crippen molar-refractivity contribution in [1.82, 2.24) is 5.32 Å². The van der Waals surface area contributed by atoms with Crippen LogP contribution in [0.15, 0.2) is 54.6 Å². The summed E-state index contributed by atoms with van der Waals surface area (Å²) < 4.78 is 5.22. The lowest BCUT2D eigenvalue weighted by molar-refractivity contribution is -0.135. The van der Waals surface area contributed by atoms with Crippen LogP contribution < -0.4 is 5.32 Å². The summed E-state index contributed by atoms with van der Waals surface area (Å²) in [6, 6.07) is 17.5. The molecule has 1 aliphatic rings. The second kappa shape index (κ2) is 6.48. The molecule has 0 bridgehead atoms. The minimum atomic E-state index is -0.548. The fraction of sp³-hybridized carbons (Fsp3) is 0.300. The van der Waals surface area contributed by atoms with Gasteiger partial charge in [0.05, 0.1) is 6.04 Å². The number of ether oxygens (including phenoxy) is 1. The van der Waals surface area contributed by atoms with Gasteiger partial charge in [-0.3, -0.25) is 4.79 Å². The van der Waals surface area contributed by atoms with Crippen LogP contribution in [0.1, 0.15) is 25.8 Å². The van der Waals surface area contributed by atoms with Crippen LogP contribution in [-0.2, 0) is 16.1 Å². The van der Waals surface area contributed by atoms with Gasteiger partial charge in [0.25, 0.3) is 0 Å². The lowest BCUT2D eigenvalue weighted by Crippen LogP contribution is -2.59. The van der Waals surface area contributed by atoms with Crippen molar-refractivity contribution in [2.24, 2.45) is 5.41 Å². The molecule has 4 nitrogen and oxygen atoms in total. The van der Waals surface area contributed by atoms with Crippen LogP contribution in [0.4, 0.5) is 4.79 Å². The van der Waals surface area contributed by atoms with E-state index in [0.29, 0.717) is 6.42 Å². The van der Waals surface area contributed by atoms with Crippen molar-refractivity contribution in [3.05, 3.63) is 60.2 Å². The molecule has 1 fully saturated rings. The quantitative estimate of drug-likeness (QED) is 0.927. The Labute approximate surface area is 141 Å². The van der Waals surface area contributed by atoms with Crippen LogP contribution in [0.3, 0.4) is 0 Å². The van der Waals surface area contributed by atoms with Gasteiger partial charge < -0.3 is 10.1 Å². The molecule has 0 aromatic heterocycles. The predicted octanol–water partition coefficient (Wildman–Crippen LogP) is 3.95. The number of Topliss-reactive ketones (excluding diaryl/α,β-unsaturated/α-hetero) is 1. The number of hydrogen-bond donors (Lipinski definition) is 1. The molecule has 1 amide bonds. The molecule has 3 rings (SSSR count). The topological polar surface area (TPSA) is 55.4 Å². The third-order valence-electron chi connectivity index (χ3n) is 4.43. The lowest BCUT2D eigenvalue weighted by Gasteiger charge is -2.42. The van der Waals surface area contributed by atoms with Crippen LogP contribution in [-0.4, -0.2) is 17.9 Å². The van der Waals surface area contributed by atoms with E-state index in [9.17, 15) is 9.59 Å². The zero-order valence-electron chi connectivity index (χ0n) is 13.9. The van der Waals surface area contributed by atoms with E-state index in [0.717, 1.165) is 16.7 Å². The summed E-state index contributed by atoms with van der Waals surface area (Å²) in [5.74, 6) is 0.0594. The van der Waals surface area contributed by atoms with E-state index in [1.165, 1.54) is 0 Å². The first kappa shape index (κ1) is 16.2. The van der Waals surface area contributed by atoms with Crippen molar-refractivity contribution < 1.29 is 14.3 Å². The van der Waals surface area contributed by atoms with Gasteiger partial charge in [0, 0.05) is 6.42 Å². The van der Waals surface area contributed by atoms with Crippen molar-refractivity contribution >= 4 is 11.9 Å². The average molecular weight is 323 g/mol. The zero-order valence-corrected chi connectivity index (χ0v) is 13.9. The van der Waals surface area contributed by atoms with Gasteiger partial charge in [0.15, 0.2) is 5.78 Å². The first-order valence-electron chi connectivity index (χ1n) is 8.06. The van der Waals surface area contributed by atoms with Gasteiger partial charge in [0.1, 0.15) is 6.61 Å². The second-order valence-electron chi connectivity index (χ2n) is 6.85. The first-order valence-corrected chi connectivity index (χ1v) is 8.06. The van der Waals surface area contributed by atoms with E-state index in [1.807, 2.05) is 56.3 Å². The molecule has 2 aromatic carbocycles. The summed E-state index contributed by atoms with van der Waals surface area (Å²) in [7, 11) is 0. The summed E-state index contributed by atoms with van der Waals surface area (Å²) in [6.45, 7) is 4.10. The highest BCUT2D eigenvalue weighted by Crippen LogP contribution is 2.37. The summed E-state index contributed by atoms with van der Waals surface area (Å²) in [5, 5.41) is 2.65. The molecule has 0 spiro atoms. The molecule has 1 aliphatic carbocycles. The van der Waals surface area contributed by atoms with E-state index in [1.54, 1.807) is 0 Å². The molecule has 1 N–H and O–H groups in total. The number of ketones is 1. The molecule has 0 radical (unpaired) electrons. The molecule has 0 unspecified atom stereocenters. The highest BCUT2D eigenvalue weighted by atomic mass is 16.5. The van der Waals surface area contributed by atoms with Gasteiger partial charge in [0.2, 0.25) is 0 Å². The Hall–Kier alpha value is -2.62. The number of rotatable bonds is 4. The molecule has 2 aromatic rings. The zero-order chi connectivity index (χ0) is 17.2. The Morgan fingerprint density at radius 3 is 2.29 bits per heavy atom. The number of amides is 1. The van der Waals surface area contributed by atoms with E-state index in [4.69, 9.17) is 4.74 Å². The molecular formula is C20H21NO3. The first-order chi connectivity index (χ1) is 11.5. The predicted molar refractivity (Wildman–Crippen MR) is 92.4 cm³/mol. The Balaban J connectivity index is 1.53. The molecule has 0 aliphatic heterocycles. The van der Waals surface area contributed by atoms with Gasteiger partial charge in [-0.2, -0.15) is 0 Å². The average Bonchev–Trinajstić information content (AvgIpc) is 2.59. The van der Waals surface area contributed by atoms with Crippen LogP contribution in [0, 0.1) is 5.41 Å². The van der Waals surface area contributed by atoms with Gasteiger partial charge in [-0.1, -0.05) is 68.4 Å². The summed E-state index contributed by atoms with van der Waals surface area (Å²) >= 11 is 0. The number of nitrogens with one attached hydrogen (secondary N) is 1. The van der Waals surface area contributed by atoms with Gasteiger partial charge in [-0.25, -0.2) is 4.79 Å². The van der Waals surface area contributed by atoms with E-state index < -0.39 is 12.1 Å². The van der Waals surface area contributed by atoms with Crippen LogP contribution in [0.25, 0.3) is 11.1 Å². The molecule has 0 saturated heterocycles. The monoisotopic (exact) mass is 323 g/mol. The normalized spacial score (nSPS) is 18.6. The van der Waals surface area contributed by atoms with Crippen molar-refractivity contribution in [3.63, 3.8) is 0 Å². The maximum absolute atomic E-state index is 11.9. The van der Waals surface area contributed by atoms with E-state index in [2.05, 4.69) is 17.4 Å². The Bertz CT molecular complexity index is 735. The minimum absolute atomic E-state index is 0.0594. The number of benzene rings is 2. The smallest absolute Gasteiger partial charge is 0.408 e. The fourth-order valence-electron chi connectivity index (χ4n) is 2.97. The van der Waals surface area contributed by atoms with Gasteiger partial charge in [-0.05, 0) is 22.1 Å². The fourth-order valence-corrected chi connectivity index (χ4v) is 2.97. The Kier molecular flexibility index (Phi) is 4.38. The number of hydrogen-bond acceptors (Lipinski definition) is 3. The minimum Gasteiger partial charge on any atom is -0.445 e. The van der Waals surface area contributed by atoms with Crippen molar-refractivity contribution in [2.45, 2.75) is 32.9 Å². The second-order valence-corrected chi connectivity index (χ2v) is 6.85. The molecule has 124 valence electrons. The van der Waals surface area contributed by atoms with Gasteiger partial charge >= 0.3 is 6.09 Å². The molecule has 24 heavy (non-hydrogen) atoms. The lowest BCUT2D eigenvalue weighted by atomic mass is 9.66. The van der Waals surface area contributed by atoms with E-state index in [-0.39, 0.29) is 17.8 Å². The molecular weight excluding hydrogens is 302 g/mol. The largest absolute Gasteiger partial charge is 0.445 e. The molecule has 1 atom stereocenters. The SMILES string of the molecule is CC1(C)CC(=O)[C@H]1NC(=O)OCc1ccc(-c2ccccc2)cc1. The Morgan fingerprint density at radius 1 is 1.08 bits per heavy atom. The summed E-state index contributed by atoms with van der Waals surface area (Å²) in [6.07, 6.45) is -0.0490. The van der Waals surface area contributed by atoms with Crippen molar-refractivity contribution in [3.8, 4) is 11.1 Å². The molecule has 1 saturated carbocycles. The molecule has 0 heterocycles. The number of carbonyl (C=O) groups is 2. The molecule has 4 heteroatoms. The van der Waals surface area contributed by atoms with Gasteiger partial charge in [-0.15, -0.1) is 0 Å². The number of carbonyl (C=O) groups excluding carboxylic acids is 2. The maximum Gasteiger partial charge on any atom is 0.408 e. The maximum atomic E-state index is 11.9.